The number of aromatic nitrogens is 1. The van der Waals surface area contributed by atoms with Crippen molar-refractivity contribution in [3.8, 4) is 5.75 Å². The fourth-order valence-corrected chi connectivity index (χ4v) is 5.04. The van der Waals surface area contributed by atoms with E-state index >= 15 is 0 Å². The second-order valence-electron chi connectivity index (χ2n) is 7.99. The topological polar surface area (TPSA) is 54.6 Å². The standard InChI is InChI=1S/C26H20BrFN2O3S.H2/c1-32-25(31)16-4-2-15(3-5-16)24-23-20(21-14-17(27)6-11-22(21)29-23)12-13-30(24)26(34)33-19-9-7-18(28)8-10-19;/h2-11,14,24,29H,12-13H2,1H3;1H. The largest absolute Gasteiger partial charge is 0.465 e. The Balaban J connectivity index is 0.00000289. The second-order valence-corrected chi connectivity index (χ2v) is 9.25. The van der Waals surface area contributed by atoms with Gasteiger partial charge < -0.3 is 19.4 Å². The van der Waals surface area contributed by atoms with Gasteiger partial charge in [0.25, 0.3) is 5.17 Å². The van der Waals surface area contributed by atoms with E-state index in [1.54, 1.807) is 24.3 Å². The summed E-state index contributed by atoms with van der Waals surface area (Å²) in [5.41, 5.74) is 4.70. The van der Waals surface area contributed by atoms with Crippen LogP contribution in [0.3, 0.4) is 0 Å². The van der Waals surface area contributed by atoms with E-state index in [1.807, 2.05) is 29.2 Å². The molecular formula is C26H22BrFN2O3S. The number of benzene rings is 3. The van der Waals surface area contributed by atoms with Crippen LogP contribution in [0, 0.1) is 5.82 Å². The quantitative estimate of drug-likeness (QED) is 0.240. The molecule has 0 spiro atoms. The highest BCUT2D eigenvalue weighted by atomic mass is 79.9. The number of nitrogens with one attached hydrogen (secondary N) is 1. The van der Waals surface area contributed by atoms with Crippen molar-refractivity contribution in [2.75, 3.05) is 13.7 Å². The van der Waals surface area contributed by atoms with Crippen molar-refractivity contribution in [2.45, 2.75) is 12.5 Å². The average Bonchev–Trinajstić information content (AvgIpc) is 3.22. The maximum Gasteiger partial charge on any atom is 0.337 e. The molecule has 0 saturated heterocycles. The SMILES string of the molecule is COC(=O)c1ccc(C2c3[nH]c4ccc(Br)cc4c3CCN2C(=S)Oc2ccc(F)cc2)cc1.[HH]. The van der Waals surface area contributed by atoms with Gasteiger partial charge in [0.2, 0.25) is 0 Å². The Hall–Kier alpha value is -3.23. The van der Waals surface area contributed by atoms with Crippen LogP contribution >= 0.6 is 28.1 Å². The maximum atomic E-state index is 13.3. The van der Waals surface area contributed by atoms with Crippen LogP contribution in [-0.4, -0.2) is 34.7 Å². The van der Waals surface area contributed by atoms with Gasteiger partial charge in [0.1, 0.15) is 11.6 Å². The van der Waals surface area contributed by atoms with E-state index in [9.17, 15) is 9.18 Å². The Labute approximate surface area is 211 Å². The van der Waals surface area contributed by atoms with Crippen LogP contribution < -0.4 is 4.74 Å². The summed E-state index contributed by atoms with van der Waals surface area (Å²) in [6.45, 7) is 0.635. The van der Waals surface area contributed by atoms with Crippen LogP contribution in [0.2, 0.25) is 0 Å². The molecule has 8 heteroatoms. The van der Waals surface area contributed by atoms with Gasteiger partial charge in [-0.3, -0.25) is 0 Å². The first kappa shape index (κ1) is 22.6. The summed E-state index contributed by atoms with van der Waals surface area (Å²) < 4.78 is 25.1. The van der Waals surface area contributed by atoms with Crippen molar-refractivity contribution in [1.29, 1.82) is 0 Å². The molecule has 0 saturated carbocycles. The highest BCUT2D eigenvalue weighted by Crippen LogP contribution is 2.39. The van der Waals surface area contributed by atoms with Gasteiger partial charge in [0.15, 0.2) is 0 Å². The third-order valence-electron chi connectivity index (χ3n) is 5.99. The Morgan fingerprint density at radius 2 is 1.88 bits per heavy atom. The van der Waals surface area contributed by atoms with Gasteiger partial charge in [-0.2, -0.15) is 0 Å². The van der Waals surface area contributed by atoms with E-state index in [0.29, 0.717) is 23.0 Å². The molecule has 1 atom stereocenters. The minimum Gasteiger partial charge on any atom is -0.465 e. The maximum absolute atomic E-state index is 13.3. The summed E-state index contributed by atoms with van der Waals surface area (Å²) >= 11 is 9.27. The molecule has 1 aliphatic rings. The van der Waals surface area contributed by atoms with E-state index in [2.05, 4.69) is 27.0 Å². The number of esters is 1. The molecule has 1 aliphatic heterocycles. The zero-order valence-electron chi connectivity index (χ0n) is 18.2. The lowest BCUT2D eigenvalue weighted by atomic mass is 9.92. The van der Waals surface area contributed by atoms with Crippen molar-refractivity contribution in [1.82, 2.24) is 9.88 Å². The molecule has 1 unspecified atom stereocenters. The number of hydrogen-bond donors (Lipinski definition) is 1. The van der Waals surface area contributed by atoms with Gasteiger partial charge in [-0.1, -0.05) is 28.1 Å². The summed E-state index contributed by atoms with van der Waals surface area (Å²) in [6.07, 6.45) is 0.773. The molecule has 5 nitrogen and oxygen atoms in total. The number of thiocarbonyl (C=S) groups is 1. The molecule has 5 rings (SSSR count). The van der Waals surface area contributed by atoms with E-state index in [4.69, 9.17) is 21.7 Å². The number of ether oxygens (including phenoxy) is 2. The lowest BCUT2D eigenvalue weighted by molar-refractivity contribution is 0.0600. The van der Waals surface area contributed by atoms with E-state index in [0.717, 1.165) is 33.1 Å². The number of aromatic amines is 1. The molecule has 0 fully saturated rings. The number of methoxy groups -OCH3 is 1. The van der Waals surface area contributed by atoms with Crippen molar-refractivity contribution in [3.63, 3.8) is 0 Å². The Kier molecular flexibility index (Phi) is 6.10. The van der Waals surface area contributed by atoms with Gasteiger partial charge in [0, 0.05) is 29.0 Å². The Bertz CT molecular complexity index is 1390. The van der Waals surface area contributed by atoms with E-state index < -0.39 is 5.97 Å². The number of carbonyl (C=O) groups excluding carboxylic acids is 1. The summed E-state index contributed by atoms with van der Waals surface area (Å²) in [5.74, 6) is -0.260. The first-order chi connectivity index (χ1) is 16.4. The predicted octanol–water partition coefficient (Wildman–Crippen LogP) is 6.41. The van der Waals surface area contributed by atoms with Crippen LogP contribution in [0.4, 0.5) is 4.39 Å². The molecule has 1 aromatic heterocycles. The van der Waals surface area contributed by atoms with Crippen LogP contribution in [0.25, 0.3) is 10.9 Å². The minimum atomic E-state index is -0.390. The molecule has 0 aliphatic carbocycles. The summed E-state index contributed by atoms with van der Waals surface area (Å²) in [5, 5.41) is 1.45. The minimum absolute atomic E-state index is 0. The normalized spacial score (nSPS) is 15.1. The summed E-state index contributed by atoms with van der Waals surface area (Å²) in [7, 11) is 1.36. The third kappa shape index (κ3) is 4.19. The fraction of sp³-hybridized carbons (Fsp3) is 0.154. The second kappa shape index (κ2) is 9.19. The van der Waals surface area contributed by atoms with Crippen molar-refractivity contribution < 1.29 is 20.1 Å². The number of fused-ring (bicyclic) bond motifs is 3. The van der Waals surface area contributed by atoms with E-state index in [1.165, 1.54) is 24.8 Å². The lowest BCUT2D eigenvalue weighted by Crippen LogP contribution is -2.42. The van der Waals surface area contributed by atoms with Crippen LogP contribution in [0.1, 0.15) is 34.6 Å². The average molecular weight is 541 g/mol. The molecular weight excluding hydrogens is 519 g/mol. The van der Waals surface area contributed by atoms with Gasteiger partial charge in [-0.15, -0.1) is 0 Å². The van der Waals surface area contributed by atoms with Gasteiger partial charge >= 0.3 is 5.97 Å². The Morgan fingerprint density at radius 3 is 2.59 bits per heavy atom. The van der Waals surface area contributed by atoms with Gasteiger partial charge in [-0.05, 0) is 84.4 Å². The third-order valence-corrected chi connectivity index (χ3v) is 6.80. The number of carbonyl (C=O) groups is 1. The van der Waals surface area contributed by atoms with E-state index in [-0.39, 0.29) is 13.3 Å². The highest BCUT2D eigenvalue weighted by Gasteiger charge is 2.34. The monoisotopic (exact) mass is 540 g/mol. The van der Waals surface area contributed by atoms with Crippen molar-refractivity contribution >= 4 is 50.2 Å². The lowest BCUT2D eigenvalue weighted by Gasteiger charge is -2.37. The smallest absolute Gasteiger partial charge is 0.337 e. The molecule has 34 heavy (non-hydrogen) atoms. The number of H-pyrrole nitrogens is 1. The Morgan fingerprint density at radius 1 is 1.15 bits per heavy atom. The van der Waals surface area contributed by atoms with Crippen molar-refractivity contribution in [2.24, 2.45) is 0 Å². The molecule has 0 radical (unpaired) electrons. The highest BCUT2D eigenvalue weighted by molar-refractivity contribution is 9.10. The van der Waals surface area contributed by atoms with Crippen LogP contribution in [-0.2, 0) is 11.2 Å². The zero-order valence-corrected chi connectivity index (χ0v) is 20.6. The van der Waals surface area contributed by atoms with Crippen molar-refractivity contribution in [3.05, 3.63) is 99.4 Å². The summed E-state index contributed by atoms with van der Waals surface area (Å²) in [4.78, 5) is 17.5. The van der Waals surface area contributed by atoms with Crippen LogP contribution in [0.5, 0.6) is 5.75 Å². The predicted molar refractivity (Wildman–Crippen MR) is 138 cm³/mol. The fourth-order valence-electron chi connectivity index (χ4n) is 4.39. The molecule has 1 N–H and O–H groups in total. The van der Waals surface area contributed by atoms with Crippen LogP contribution in [0.15, 0.2) is 71.2 Å². The molecule has 174 valence electrons. The number of halogens is 2. The zero-order chi connectivity index (χ0) is 23.8. The molecule has 3 aromatic carbocycles. The molecule has 2 heterocycles. The first-order valence-electron chi connectivity index (χ1n) is 10.7. The molecule has 0 amide bonds. The molecule has 4 aromatic rings. The van der Waals surface area contributed by atoms with Gasteiger partial charge in [-0.25, -0.2) is 9.18 Å². The number of nitrogens with zero attached hydrogens (tertiary/aromatic N) is 1. The number of rotatable bonds is 3. The van der Waals surface area contributed by atoms with Gasteiger partial charge in [0.05, 0.1) is 18.7 Å². The first-order valence-corrected chi connectivity index (χ1v) is 11.9. The molecule has 0 bridgehead atoms. The number of hydrogen-bond acceptors (Lipinski definition) is 4. The summed E-state index contributed by atoms with van der Waals surface area (Å²) in [6, 6.07) is 19.0.